The number of nitrogens with one attached hydrogen (secondary N) is 3. The Hall–Kier alpha value is -3.88. The normalized spacial score (nSPS) is 21.8. The standard InChI is InChI=1S/C28H33N5O4/c34-25(15-19-11-14-26(35)33(17-27(36)37)24-8-4-1-5-21(19)24)29-16-18-9-12-20(13-10-18)30-28-31-22-6-2-3-7-23(22)32-28/h1-8,18-20H,9-17H2,(H,29,34)(H,36,37)(H2,30,31,32). The van der Waals surface area contributed by atoms with Crippen LogP contribution in [0.4, 0.5) is 11.6 Å². The Morgan fingerprint density at radius 1 is 1.03 bits per heavy atom. The van der Waals surface area contributed by atoms with Crippen molar-refractivity contribution in [1.82, 2.24) is 15.3 Å². The number of carboxylic acids is 1. The van der Waals surface area contributed by atoms with Crippen LogP contribution >= 0.6 is 0 Å². The first-order valence-corrected chi connectivity index (χ1v) is 13.1. The molecule has 1 saturated carbocycles. The summed E-state index contributed by atoms with van der Waals surface area (Å²) in [5.41, 5.74) is 3.44. The molecule has 2 amide bonds. The van der Waals surface area contributed by atoms with Gasteiger partial charge in [0, 0.05) is 31.1 Å². The molecule has 9 nitrogen and oxygen atoms in total. The third-order valence-electron chi connectivity index (χ3n) is 7.57. The SMILES string of the molecule is O=C(O)CN1C(=O)CCC(CC(=O)NCC2CCC(Nc3nc4ccccc4[nH]3)CC2)c2ccccc21. The number of carbonyl (C=O) groups is 3. The lowest BCUT2D eigenvalue weighted by Gasteiger charge is -2.29. The molecule has 37 heavy (non-hydrogen) atoms. The van der Waals surface area contributed by atoms with Gasteiger partial charge in [0.05, 0.1) is 11.0 Å². The summed E-state index contributed by atoms with van der Waals surface area (Å²) in [6.07, 6.45) is 5.14. The van der Waals surface area contributed by atoms with E-state index in [0.29, 0.717) is 30.6 Å². The number of aliphatic carboxylic acids is 1. The maximum Gasteiger partial charge on any atom is 0.323 e. The number of carboxylic acid groups (broad SMARTS) is 1. The zero-order chi connectivity index (χ0) is 25.8. The number of nitrogens with zero attached hydrogens (tertiary/aromatic N) is 2. The topological polar surface area (TPSA) is 127 Å². The van der Waals surface area contributed by atoms with E-state index in [4.69, 9.17) is 0 Å². The van der Waals surface area contributed by atoms with Crippen LogP contribution in [0.3, 0.4) is 0 Å². The summed E-state index contributed by atoms with van der Waals surface area (Å²) < 4.78 is 0. The molecule has 0 bridgehead atoms. The molecule has 5 rings (SSSR count). The average Bonchev–Trinajstić information content (AvgIpc) is 3.26. The smallest absolute Gasteiger partial charge is 0.323 e. The van der Waals surface area contributed by atoms with Crippen LogP contribution < -0.4 is 15.5 Å². The first-order chi connectivity index (χ1) is 18.0. The van der Waals surface area contributed by atoms with E-state index >= 15 is 0 Å². The maximum atomic E-state index is 12.9. The van der Waals surface area contributed by atoms with Gasteiger partial charge in [0.25, 0.3) is 0 Å². The second-order valence-electron chi connectivity index (χ2n) is 10.1. The van der Waals surface area contributed by atoms with Gasteiger partial charge in [-0.3, -0.25) is 14.4 Å². The van der Waals surface area contributed by atoms with E-state index in [1.54, 1.807) is 12.1 Å². The van der Waals surface area contributed by atoms with Crippen LogP contribution in [0, 0.1) is 5.92 Å². The summed E-state index contributed by atoms with van der Waals surface area (Å²) >= 11 is 0. The van der Waals surface area contributed by atoms with Crippen molar-refractivity contribution in [2.24, 2.45) is 5.92 Å². The van der Waals surface area contributed by atoms with Crippen LogP contribution in [0.15, 0.2) is 48.5 Å². The van der Waals surface area contributed by atoms with Gasteiger partial charge in [-0.2, -0.15) is 0 Å². The minimum absolute atomic E-state index is 0.0264. The Balaban J connectivity index is 1.11. The highest BCUT2D eigenvalue weighted by atomic mass is 16.4. The van der Waals surface area contributed by atoms with Gasteiger partial charge in [0.15, 0.2) is 0 Å². The Morgan fingerprint density at radius 3 is 2.57 bits per heavy atom. The van der Waals surface area contributed by atoms with Crippen molar-refractivity contribution in [2.45, 2.75) is 56.9 Å². The molecule has 0 radical (unpaired) electrons. The summed E-state index contributed by atoms with van der Waals surface area (Å²) in [7, 11) is 0. The highest BCUT2D eigenvalue weighted by Gasteiger charge is 2.30. The van der Waals surface area contributed by atoms with Gasteiger partial charge in [-0.05, 0) is 67.7 Å². The lowest BCUT2D eigenvalue weighted by atomic mass is 9.86. The fourth-order valence-electron chi connectivity index (χ4n) is 5.60. The molecule has 0 spiro atoms. The molecule has 0 saturated heterocycles. The van der Waals surface area contributed by atoms with Crippen LogP contribution in [-0.4, -0.2) is 52.0 Å². The Kier molecular flexibility index (Phi) is 7.39. The van der Waals surface area contributed by atoms with Gasteiger partial charge in [-0.25, -0.2) is 4.98 Å². The van der Waals surface area contributed by atoms with Crippen LogP contribution in [-0.2, 0) is 14.4 Å². The number of fused-ring (bicyclic) bond motifs is 2. The monoisotopic (exact) mass is 503 g/mol. The number of hydrogen-bond donors (Lipinski definition) is 4. The van der Waals surface area contributed by atoms with Crippen LogP contribution in [0.1, 0.15) is 56.4 Å². The predicted octanol–water partition coefficient (Wildman–Crippen LogP) is 4.04. The molecular weight excluding hydrogens is 470 g/mol. The molecule has 3 aromatic rings. The number of hydrogen-bond acceptors (Lipinski definition) is 5. The number of rotatable bonds is 8. The number of carbonyl (C=O) groups excluding carboxylic acids is 2. The largest absolute Gasteiger partial charge is 0.480 e. The first kappa shape index (κ1) is 24.8. The van der Waals surface area contributed by atoms with Crippen LogP contribution in [0.25, 0.3) is 11.0 Å². The van der Waals surface area contributed by atoms with Gasteiger partial charge < -0.3 is 25.6 Å². The Bertz CT molecular complexity index is 1250. The molecule has 1 unspecified atom stereocenters. The molecular formula is C28H33N5O4. The Labute approximate surface area is 215 Å². The highest BCUT2D eigenvalue weighted by molar-refractivity contribution is 5.99. The second-order valence-corrected chi connectivity index (χ2v) is 10.1. The van der Waals surface area contributed by atoms with Gasteiger partial charge in [-0.1, -0.05) is 30.3 Å². The van der Waals surface area contributed by atoms with Crippen molar-refractivity contribution in [1.29, 1.82) is 0 Å². The van der Waals surface area contributed by atoms with Gasteiger partial charge in [0.1, 0.15) is 6.54 Å². The van der Waals surface area contributed by atoms with Crippen molar-refractivity contribution in [3.8, 4) is 0 Å². The van der Waals surface area contributed by atoms with Gasteiger partial charge in [-0.15, -0.1) is 0 Å². The molecule has 194 valence electrons. The number of H-pyrrole nitrogens is 1. The number of benzene rings is 2. The zero-order valence-corrected chi connectivity index (χ0v) is 20.8. The molecule has 1 fully saturated rings. The molecule has 1 atom stereocenters. The third kappa shape index (κ3) is 5.93. The van der Waals surface area contributed by atoms with Gasteiger partial charge >= 0.3 is 5.97 Å². The number of anilines is 2. The number of amides is 2. The fourth-order valence-corrected chi connectivity index (χ4v) is 5.60. The summed E-state index contributed by atoms with van der Waals surface area (Å²) in [5, 5.41) is 15.9. The molecule has 9 heteroatoms. The van der Waals surface area contributed by atoms with Crippen molar-refractivity contribution in [3.63, 3.8) is 0 Å². The summed E-state index contributed by atoms with van der Waals surface area (Å²) in [6, 6.07) is 15.7. The number of imidazole rings is 1. The second kappa shape index (κ2) is 11.0. The number of aromatic nitrogens is 2. The van der Waals surface area contributed by atoms with E-state index in [9.17, 15) is 19.5 Å². The van der Waals surface area contributed by atoms with Crippen LogP contribution in [0.5, 0.6) is 0 Å². The zero-order valence-electron chi connectivity index (χ0n) is 20.8. The van der Waals surface area contributed by atoms with Crippen molar-refractivity contribution in [3.05, 3.63) is 54.1 Å². The molecule has 2 aliphatic rings. The van der Waals surface area contributed by atoms with E-state index in [1.807, 2.05) is 36.4 Å². The minimum Gasteiger partial charge on any atom is -0.480 e. The minimum atomic E-state index is -1.05. The fraction of sp³-hybridized carbons (Fsp3) is 0.429. The quantitative estimate of drug-likeness (QED) is 0.367. The van der Waals surface area contributed by atoms with Crippen molar-refractivity contribution in [2.75, 3.05) is 23.3 Å². The first-order valence-electron chi connectivity index (χ1n) is 13.1. The van der Waals surface area contributed by atoms with Crippen LogP contribution in [0.2, 0.25) is 0 Å². The van der Waals surface area contributed by atoms with E-state index < -0.39 is 5.97 Å². The lowest BCUT2D eigenvalue weighted by Crippen LogP contribution is -2.35. The molecule has 4 N–H and O–H groups in total. The van der Waals surface area contributed by atoms with Gasteiger partial charge in [0.2, 0.25) is 17.8 Å². The predicted molar refractivity (Wildman–Crippen MR) is 141 cm³/mol. The Morgan fingerprint density at radius 2 is 1.78 bits per heavy atom. The maximum absolute atomic E-state index is 12.9. The molecule has 1 aliphatic heterocycles. The average molecular weight is 504 g/mol. The third-order valence-corrected chi connectivity index (χ3v) is 7.57. The molecule has 1 aromatic heterocycles. The lowest BCUT2D eigenvalue weighted by molar-refractivity contribution is -0.136. The number of aromatic amines is 1. The summed E-state index contributed by atoms with van der Waals surface area (Å²) in [5.74, 6) is -0.175. The molecule has 2 heterocycles. The molecule has 2 aromatic carbocycles. The number of para-hydroxylation sites is 3. The summed E-state index contributed by atoms with van der Waals surface area (Å²) in [4.78, 5) is 46.1. The van der Waals surface area contributed by atoms with E-state index in [0.717, 1.165) is 48.2 Å². The highest BCUT2D eigenvalue weighted by Crippen LogP contribution is 2.37. The van der Waals surface area contributed by atoms with Crippen molar-refractivity contribution < 1.29 is 19.5 Å². The van der Waals surface area contributed by atoms with E-state index in [-0.39, 0.29) is 37.1 Å². The molecule has 1 aliphatic carbocycles. The summed E-state index contributed by atoms with van der Waals surface area (Å²) in [6.45, 7) is 0.275. The van der Waals surface area contributed by atoms with E-state index in [2.05, 4.69) is 20.6 Å². The van der Waals surface area contributed by atoms with Crippen molar-refractivity contribution >= 4 is 40.5 Å². The van der Waals surface area contributed by atoms with E-state index in [1.165, 1.54) is 4.90 Å².